The van der Waals surface area contributed by atoms with Crippen LogP contribution in [0.25, 0.3) is 0 Å². The zero-order chi connectivity index (χ0) is 15.4. The number of pyridine rings is 1. The Hall–Kier alpha value is -2.48. The van der Waals surface area contributed by atoms with Gasteiger partial charge >= 0.3 is 0 Å². The van der Waals surface area contributed by atoms with Crippen molar-refractivity contribution in [1.29, 1.82) is 0 Å². The van der Waals surface area contributed by atoms with Crippen LogP contribution in [0.1, 0.15) is 28.5 Å². The van der Waals surface area contributed by atoms with Crippen LogP contribution < -0.4 is 10.1 Å². The van der Waals surface area contributed by atoms with E-state index in [1.807, 2.05) is 0 Å². The largest absolute Gasteiger partial charge is 0.472 e. The molecule has 8 nitrogen and oxygen atoms in total. The smallest absolute Gasteiger partial charge is 0.251 e. The molecule has 0 bridgehead atoms. The van der Waals surface area contributed by atoms with Gasteiger partial charge in [-0.05, 0) is 13.0 Å². The van der Waals surface area contributed by atoms with Gasteiger partial charge < -0.3 is 19.3 Å². The van der Waals surface area contributed by atoms with Crippen LogP contribution in [-0.4, -0.2) is 40.3 Å². The predicted molar refractivity (Wildman–Crippen MR) is 74.3 cm³/mol. The Morgan fingerprint density at radius 1 is 1.55 bits per heavy atom. The van der Waals surface area contributed by atoms with Crippen molar-refractivity contribution in [3.05, 3.63) is 35.6 Å². The molecule has 1 aliphatic heterocycles. The number of aromatic nitrogens is 3. The molecule has 0 unspecified atom stereocenters. The van der Waals surface area contributed by atoms with Gasteiger partial charge in [0.1, 0.15) is 6.10 Å². The van der Waals surface area contributed by atoms with E-state index in [1.165, 1.54) is 6.20 Å². The van der Waals surface area contributed by atoms with E-state index in [4.69, 9.17) is 14.0 Å². The molecule has 1 N–H and O–H groups in total. The summed E-state index contributed by atoms with van der Waals surface area (Å²) in [6.07, 6.45) is 2.36. The van der Waals surface area contributed by atoms with E-state index in [1.54, 1.807) is 19.1 Å². The van der Waals surface area contributed by atoms with Gasteiger partial charge in [0, 0.05) is 24.2 Å². The summed E-state index contributed by atoms with van der Waals surface area (Å²) < 4.78 is 15.9. The molecule has 1 fully saturated rings. The molecule has 0 radical (unpaired) electrons. The fourth-order valence-corrected chi connectivity index (χ4v) is 2.06. The second-order valence-electron chi connectivity index (χ2n) is 4.90. The lowest BCUT2D eigenvalue weighted by Gasteiger charge is -2.11. The van der Waals surface area contributed by atoms with Crippen LogP contribution in [0.15, 0.2) is 22.9 Å². The maximum Gasteiger partial charge on any atom is 0.251 e. The molecule has 22 heavy (non-hydrogen) atoms. The van der Waals surface area contributed by atoms with Gasteiger partial charge in [-0.15, -0.1) is 0 Å². The number of aryl methyl sites for hydroxylation is 1. The monoisotopic (exact) mass is 304 g/mol. The first kappa shape index (κ1) is 14.5. The first-order valence-electron chi connectivity index (χ1n) is 6.98. The Balaban J connectivity index is 1.59. The minimum absolute atomic E-state index is 0.00724. The molecule has 1 aliphatic rings. The summed E-state index contributed by atoms with van der Waals surface area (Å²) in [7, 11) is 0. The highest BCUT2D eigenvalue weighted by Gasteiger charge is 2.18. The standard InChI is InChI=1S/C14H16N4O4/c1-9-17-13(22-18-9)7-16-14(19)10-2-4-15-12(6-10)21-11-3-5-20-8-11/h2,4,6,11H,3,5,7-8H2,1H3,(H,16,19)/t11-/m1/s1. The third-order valence-electron chi connectivity index (χ3n) is 3.14. The summed E-state index contributed by atoms with van der Waals surface area (Å²) in [5.74, 6) is 1.05. The Morgan fingerprint density at radius 2 is 2.45 bits per heavy atom. The molecule has 2 aromatic rings. The molecule has 0 spiro atoms. The predicted octanol–water partition coefficient (Wildman–Crippen LogP) is 0.871. The lowest BCUT2D eigenvalue weighted by molar-refractivity contribution is 0.0944. The summed E-state index contributed by atoms with van der Waals surface area (Å²) in [5, 5.41) is 6.37. The van der Waals surface area contributed by atoms with E-state index in [0.717, 1.165) is 6.42 Å². The summed E-state index contributed by atoms with van der Waals surface area (Å²) in [6.45, 7) is 3.13. The number of ether oxygens (including phenoxy) is 2. The number of nitrogens with one attached hydrogen (secondary N) is 1. The van der Waals surface area contributed by atoms with Crippen LogP contribution in [0.5, 0.6) is 5.88 Å². The summed E-state index contributed by atoms with van der Waals surface area (Å²) in [4.78, 5) is 20.2. The highest BCUT2D eigenvalue weighted by atomic mass is 16.5. The Bertz CT molecular complexity index is 652. The van der Waals surface area contributed by atoms with E-state index in [-0.39, 0.29) is 18.6 Å². The minimum atomic E-state index is -0.259. The van der Waals surface area contributed by atoms with Crippen LogP contribution in [0.3, 0.4) is 0 Å². The van der Waals surface area contributed by atoms with Crippen molar-refractivity contribution in [2.75, 3.05) is 13.2 Å². The van der Waals surface area contributed by atoms with Gasteiger partial charge in [0.2, 0.25) is 11.8 Å². The van der Waals surface area contributed by atoms with E-state index in [9.17, 15) is 4.79 Å². The van der Waals surface area contributed by atoms with E-state index in [2.05, 4.69) is 20.4 Å². The maximum absolute atomic E-state index is 12.1. The molecule has 0 saturated carbocycles. The van der Waals surface area contributed by atoms with Crippen LogP contribution in [0.4, 0.5) is 0 Å². The van der Waals surface area contributed by atoms with Crippen molar-refractivity contribution in [2.24, 2.45) is 0 Å². The van der Waals surface area contributed by atoms with Gasteiger partial charge in [0.05, 0.1) is 19.8 Å². The molecular formula is C14H16N4O4. The molecule has 116 valence electrons. The quantitative estimate of drug-likeness (QED) is 0.874. The van der Waals surface area contributed by atoms with Gasteiger partial charge in [0.25, 0.3) is 5.91 Å². The average Bonchev–Trinajstić information content (AvgIpc) is 3.17. The van der Waals surface area contributed by atoms with E-state index in [0.29, 0.717) is 36.4 Å². The number of rotatable bonds is 5. The van der Waals surface area contributed by atoms with Crippen LogP contribution in [0, 0.1) is 6.92 Å². The van der Waals surface area contributed by atoms with Gasteiger partial charge in [-0.3, -0.25) is 4.79 Å². The van der Waals surface area contributed by atoms with Crippen LogP contribution in [0.2, 0.25) is 0 Å². The molecule has 3 heterocycles. The van der Waals surface area contributed by atoms with Crippen molar-refractivity contribution in [3.63, 3.8) is 0 Å². The fourth-order valence-electron chi connectivity index (χ4n) is 2.06. The zero-order valence-electron chi connectivity index (χ0n) is 12.1. The molecule has 0 aliphatic carbocycles. The normalized spacial score (nSPS) is 17.4. The summed E-state index contributed by atoms with van der Waals surface area (Å²) in [5.41, 5.74) is 0.458. The number of nitrogens with zero attached hydrogens (tertiary/aromatic N) is 3. The van der Waals surface area contributed by atoms with Crippen molar-refractivity contribution in [3.8, 4) is 5.88 Å². The molecular weight excluding hydrogens is 288 g/mol. The Labute approximate surface area is 126 Å². The Morgan fingerprint density at radius 3 is 3.18 bits per heavy atom. The van der Waals surface area contributed by atoms with E-state index < -0.39 is 0 Å². The molecule has 8 heteroatoms. The van der Waals surface area contributed by atoms with Gasteiger partial charge in [0.15, 0.2) is 5.82 Å². The second kappa shape index (κ2) is 6.52. The minimum Gasteiger partial charge on any atom is -0.472 e. The topological polar surface area (TPSA) is 99.4 Å². The van der Waals surface area contributed by atoms with Crippen LogP contribution in [-0.2, 0) is 11.3 Å². The van der Waals surface area contributed by atoms with Gasteiger partial charge in [-0.2, -0.15) is 4.98 Å². The molecule has 2 aromatic heterocycles. The molecule has 0 aromatic carbocycles. The van der Waals surface area contributed by atoms with Crippen molar-refractivity contribution >= 4 is 5.91 Å². The maximum atomic E-state index is 12.1. The highest BCUT2D eigenvalue weighted by molar-refractivity contribution is 5.94. The number of carbonyl (C=O) groups excluding carboxylic acids is 1. The fraction of sp³-hybridized carbons (Fsp3) is 0.429. The zero-order valence-corrected chi connectivity index (χ0v) is 12.1. The SMILES string of the molecule is Cc1noc(CNC(=O)c2ccnc(O[C@@H]3CCOC3)c2)n1. The average molecular weight is 304 g/mol. The molecule has 1 amide bonds. The van der Waals surface area contributed by atoms with E-state index >= 15 is 0 Å². The number of carbonyl (C=O) groups is 1. The van der Waals surface area contributed by atoms with Crippen LogP contribution >= 0.6 is 0 Å². The van der Waals surface area contributed by atoms with Gasteiger partial charge in [-0.25, -0.2) is 4.98 Å². The summed E-state index contributed by atoms with van der Waals surface area (Å²) >= 11 is 0. The molecule has 3 rings (SSSR count). The molecule has 1 saturated heterocycles. The number of hydrogen-bond donors (Lipinski definition) is 1. The summed E-state index contributed by atoms with van der Waals surface area (Å²) in [6, 6.07) is 3.22. The van der Waals surface area contributed by atoms with Crippen molar-refractivity contribution < 1.29 is 18.8 Å². The first-order chi connectivity index (χ1) is 10.7. The third kappa shape index (κ3) is 3.59. The number of hydrogen-bond acceptors (Lipinski definition) is 7. The first-order valence-corrected chi connectivity index (χ1v) is 6.98. The number of amides is 1. The highest BCUT2D eigenvalue weighted by Crippen LogP contribution is 2.15. The third-order valence-corrected chi connectivity index (χ3v) is 3.14. The molecule has 1 atom stereocenters. The lowest BCUT2D eigenvalue weighted by atomic mass is 10.2. The van der Waals surface area contributed by atoms with Crippen molar-refractivity contribution in [2.45, 2.75) is 26.0 Å². The lowest BCUT2D eigenvalue weighted by Crippen LogP contribution is -2.23. The Kier molecular flexibility index (Phi) is 4.29. The van der Waals surface area contributed by atoms with Crippen molar-refractivity contribution in [1.82, 2.24) is 20.4 Å². The van der Waals surface area contributed by atoms with Gasteiger partial charge in [-0.1, -0.05) is 5.16 Å². The second-order valence-corrected chi connectivity index (χ2v) is 4.90.